The van der Waals surface area contributed by atoms with Crippen LogP contribution in [0.2, 0.25) is 0 Å². The van der Waals surface area contributed by atoms with Crippen LogP contribution in [-0.2, 0) is 19.1 Å². The second-order valence-corrected chi connectivity index (χ2v) is 11.6. The predicted octanol–water partition coefficient (Wildman–Crippen LogP) is 3.18. The fraction of sp³-hybridized carbons (Fsp3) is 0.257. The number of amides is 1. The van der Waals surface area contributed by atoms with Crippen molar-refractivity contribution in [2.24, 2.45) is 4.99 Å². The number of carbonyl (C=O) groups excluding carboxylic acids is 2. The summed E-state index contributed by atoms with van der Waals surface area (Å²) in [6.07, 6.45) is 1.78. The fourth-order valence-corrected chi connectivity index (χ4v) is 6.43. The molecule has 3 aromatic carbocycles. The molecule has 0 aliphatic carbocycles. The molecule has 1 atom stereocenters. The molecule has 2 aliphatic rings. The molecule has 1 amide bonds. The SMILES string of the molecule is CCOC(=O)C1=C(c2ccccc2)N=c2s/c(=C/c3ccc(OCC(=O)N4CCOCC4)cc3)c(=O)n2[C@@H]1c1cccc(OC)c1. The summed E-state index contributed by atoms with van der Waals surface area (Å²) in [6, 6.07) is 23.1. The highest BCUT2D eigenvalue weighted by molar-refractivity contribution is 7.07. The van der Waals surface area contributed by atoms with Gasteiger partial charge in [-0.05, 0) is 48.4 Å². The van der Waals surface area contributed by atoms with Crippen LogP contribution < -0.4 is 24.4 Å². The van der Waals surface area contributed by atoms with E-state index in [1.165, 1.54) is 11.3 Å². The van der Waals surface area contributed by atoms with Crippen molar-refractivity contribution in [1.82, 2.24) is 9.47 Å². The third-order valence-corrected chi connectivity index (χ3v) is 8.67. The lowest BCUT2D eigenvalue weighted by Gasteiger charge is -2.26. The van der Waals surface area contributed by atoms with Crippen molar-refractivity contribution in [2.75, 3.05) is 46.6 Å². The molecule has 4 aromatic rings. The number of thiazole rings is 1. The van der Waals surface area contributed by atoms with Gasteiger partial charge in [0.2, 0.25) is 0 Å². The number of carbonyl (C=O) groups is 2. The fourth-order valence-electron chi connectivity index (χ4n) is 5.43. The smallest absolute Gasteiger partial charge is 0.338 e. The van der Waals surface area contributed by atoms with Crippen molar-refractivity contribution >= 4 is 35.0 Å². The molecule has 1 aromatic heterocycles. The Morgan fingerprint density at radius 2 is 1.76 bits per heavy atom. The Morgan fingerprint density at radius 3 is 2.48 bits per heavy atom. The minimum atomic E-state index is -0.803. The van der Waals surface area contributed by atoms with Crippen LogP contribution in [0.3, 0.4) is 0 Å². The number of fused-ring (bicyclic) bond motifs is 1. The molecule has 236 valence electrons. The third-order valence-electron chi connectivity index (χ3n) is 7.69. The predicted molar refractivity (Wildman–Crippen MR) is 173 cm³/mol. The standard InChI is InChI=1S/C35H33N3O7S/c1-3-44-34(41)30-31(24-8-5-4-6-9-24)36-35-38(32(30)25-10-7-11-27(21-25)42-2)33(40)28(46-35)20-23-12-14-26(15-13-23)45-22-29(39)37-16-18-43-19-17-37/h4-15,20-21,32H,3,16-19,22H2,1-2H3/b28-20+/t32-/m1/s1. The van der Waals surface area contributed by atoms with Gasteiger partial charge in [-0.1, -0.05) is 65.9 Å². The van der Waals surface area contributed by atoms with Crippen molar-refractivity contribution in [3.05, 3.63) is 121 Å². The average molecular weight is 640 g/mol. The lowest BCUT2D eigenvalue weighted by molar-refractivity contribution is -0.139. The first-order chi connectivity index (χ1) is 22.5. The molecule has 0 unspecified atom stereocenters. The Labute approximate surface area is 269 Å². The van der Waals surface area contributed by atoms with Gasteiger partial charge in [0.1, 0.15) is 11.5 Å². The Bertz CT molecular complexity index is 1940. The summed E-state index contributed by atoms with van der Waals surface area (Å²) in [5.74, 6) is 0.505. The van der Waals surface area contributed by atoms with E-state index in [4.69, 9.17) is 23.9 Å². The molecule has 2 aliphatic heterocycles. The van der Waals surface area contributed by atoms with E-state index < -0.39 is 12.0 Å². The van der Waals surface area contributed by atoms with Gasteiger partial charge < -0.3 is 23.8 Å². The topological polar surface area (TPSA) is 109 Å². The largest absolute Gasteiger partial charge is 0.497 e. The maximum absolute atomic E-state index is 14.1. The van der Waals surface area contributed by atoms with Crippen molar-refractivity contribution < 1.29 is 28.5 Å². The molecular weight excluding hydrogens is 606 g/mol. The molecule has 1 fully saturated rings. The number of hydrogen-bond acceptors (Lipinski definition) is 9. The van der Waals surface area contributed by atoms with Gasteiger partial charge in [0.05, 0.1) is 48.8 Å². The van der Waals surface area contributed by atoms with E-state index in [0.29, 0.717) is 58.4 Å². The monoisotopic (exact) mass is 639 g/mol. The van der Waals surface area contributed by atoms with E-state index in [-0.39, 0.29) is 30.3 Å². The second-order valence-electron chi connectivity index (χ2n) is 10.6. The number of esters is 1. The zero-order chi connectivity index (χ0) is 32.0. The molecule has 46 heavy (non-hydrogen) atoms. The van der Waals surface area contributed by atoms with E-state index in [0.717, 1.165) is 11.1 Å². The van der Waals surface area contributed by atoms with E-state index in [2.05, 4.69) is 0 Å². The summed E-state index contributed by atoms with van der Waals surface area (Å²) in [5, 5.41) is 0. The molecule has 0 N–H and O–H groups in total. The Hall–Kier alpha value is -5.00. The van der Waals surface area contributed by atoms with Crippen LogP contribution >= 0.6 is 11.3 Å². The zero-order valence-electron chi connectivity index (χ0n) is 25.5. The number of nitrogens with zero attached hydrogens (tertiary/aromatic N) is 3. The second kappa shape index (κ2) is 14.0. The average Bonchev–Trinajstić information content (AvgIpc) is 3.41. The highest BCUT2D eigenvalue weighted by Crippen LogP contribution is 2.36. The van der Waals surface area contributed by atoms with Crippen molar-refractivity contribution in [1.29, 1.82) is 0 Å². The van der Waals surface area contributed by atoms with Crippen LogP contribution in [0.25, 0.3) is 11.8 Å². The minimum Gasteiger partial charge on any atom is -0.497 e. The first-order valence-corrected chi connectivity index (χ1v) is 15.8. The minimum absolute atomic E-state index is 0.0607. The van der Waals surface area contributed by atoms with Crippen LogP contribution in [0, 0.1) is 0 Å². The molecule has 1 saturated heterocycles. The van der Waals surface area contributed by atoms with Crippen LogP contribution in [0.1, 0.15) is 29.7 Å². The van der Waals surface area contributed by atoms with Gasteiger partial charge in [-0.15, -0.1) is 0 Å². The molecule has 10 nitrogen and oxygen atoms in total. The highest BCUT2D eigenvalue weighted by atomic mass is 32.1. The first kappa shape index (κ1) is 31.0. The van der Waals surface area contributed by atoms with Crippen LogP contribution in [-0.4, -0.2) is 68.0 Å². The van der Waals surface area contributed by atoms with Gasteiger partial charge in [-0.25, -0.2) is 9.79 Å². The number of aromatic nitrogens is 1. The van der Waals surface area contributed by atoms with Crippen molar-refractivity contribution in [3.63, 3.8) is 0 Å². The molecule has 0 saturated carbocycles. The van der Waals surface area contributed by atoms with Crippen LogP contribution in [0.4, 0.5) is 0 Å². The Kier molecular flexibility index (Phi) is 9.41. The Morgan fingerprint density at radius 1 is 1.00 bits per heavy atom. The normalized spacial score (nSPS) is 16.4. The van der Waals surface area contributed by atoms with Gasteiger partial charge in [0, 0.05) is 18.7 Å². The number of benzene rings is 3. The zero-order valence-corrected chi connectivity index (χ0v) is 26.3. The molecule has 0 spiro atoms. The van der Waals surface area contributed by atoms with E-state index >= 15 is 0 Å². The molecule has 3 heterocycles. The number of hydrogen-bond donors (Lipinski definition) is 0. The maximum Gasteiger partial charge on any atom is 0.338 e. The molecule has 6 rings (SSSR count). The quantitative estimate of drug-likeness (QED) is 0.259. The molecule has 11 heteroatoms. The summed E-state index contributed by atoms with van der Waals surface area (Å²) in [5.41, 5.74) is 2.62. The van der Waals surface area contributed by atoms with Crippen LogP contribution in [0.15, 0.2) is 94.2 Å². The van der Waals surface area contributed by atoms with Crippen LogP contribution in [0.5, 0.6) is 11.5 Å². The number of methoxy groups -OCH3 is 1. The van der Waals surface area contributed by atoms with Gasteiger partial charge >= 0.3 is 5.97 Å². The molecule has 0 bridgehead atoms. The number of ether oxygens (including phenoxy) is 4. The number of morpholine rings is 1. The molecular formula is C35H33N3O7S. The maximum atomic E-state index is 14.1. The summed E-state index contributed by atoms with van der Waals surface area (Å²) in [6.45, 7) is 4.04. The summed E-state index contributed by atoms with van der Waals surface area (Å²) in [4.78, 5) is 47.3. The van der Waals surface area contributed by atoms with Gasteiger partial charge in [0.25, 0.3) is 11.5 Å². The summed E-state index contributed by atoms with van der Waals surface area (Å²) in [7, 11) is 1.57. The first-order valence-electron chi connectivity index (χ1n) is 15.0. The van der Waals surface area contributed by atoms with Crippen molar-refractivity contribution in [3.8, 4) is 11.5 Å². The third kappa shape index (κ3) is 6.51. The molecule has 0 radical (unpaired) electrons. The number of rotatable bonds is 9. The lowest BCUT2D eigenvalue weighted by atomic mass is 9.93. The van der Waals surface area contributed by atoms with E-state index in [9.17, 15) is 14.4 Å². The van der Waals surface area contributed by atoms with Gasteiger partial charge in [-0.2, -0.15) is 0 Å². The van der Waals surface area contributed by atoms with Gasteiger partial charge in [-0.3, -0.25) is 14.2 Å². The van der Waals surface area contributed by atoms with E-state index in [1.807, 2.05) is 66.7 Å². The Balaban J connectivity index is 1.39. The summed E-state index contributed by atoms with van der Waals surface area (Å²) < 4.78 is 24.0. The lowest BCUT2D eigenvalue weighted by Crippen LogP contribution is -2.42. The summed E-state index contributed by atoms with van der Waals surface area (Å²) >= 11 is 1.24. The van der Waals surface area contributed by atoms with E-state index in [1.54, 1.807) is 41.7 Å². The van der Waals surface area contributed by atoms with Gasteiger partial charge in [0.15, 0.2) is 11.4 Å². The highest BCUT2D eigenvalue weighted by Gasteiger charge is 2.35. The van der Waals surface area contributed by atoms with Crippen molar-refractivity contribution in [2.45, 2.75) is 13.0 Å².